The molecule has 1 aromatic carbocycles. The third-order valence-electron chi connectivity index (χ3n) is 2.43. The summed E-state index contributed by atoms with van der Waals surface area (Å²) < 4.78 is 5.12. The molecule has 2 aromatic rings. The summed E-state index contributed by atoms with van der Waals surface area (Å²) >= 11 is 0. The third kappa shape index (κ3) is 3.75. The van der Waals surface area contributed by atoms with Gasteiger partial charge in [-0.15, -0.1) is 0 Å². The molecule has 0 spiro atoms. The van der Waals surface area contributed by atoms with E-state index in [9.17, 15) is 4.79 Å². The number of H-pyrrole nitrogens is 1. The Labute approximate surface area is 117 Å². The summed E-state index contributed by atoms with van der Waals surface area (Å²) in [4.78, 5) is 11.4. The molecule has 2 N–H and O–H groups in total. The van der Waals surface area contributed by atoms with Crippen LogP contribution in [0.3, 0.4) is 0 Å². The Morgan fingerprint density at radius 2 is 2.25 bits per heavy atom. The molecule has 0 fully saturated rings. The number of fused-ring (bicyclic) bond motifs is 1. The van der Waals surface area contributed by atoms with Gasteiger partial charge in [0.15, 0.2) is 0 Å². The Kier molecular flexibility index (Phi) is 3.94. The smallest absolute Gasteiger partial charge is 0.408 e. The number of hydrogen-bond donors (Lipinski definition) is 2. The minimum absolute atomic E-state index is 0.239. The van der Waals surface area contributed by atoms with E-state index in [-0.39, 0.29) is 6.54 Å². The van der Waals surface area contributed by atoms with Gasteiger partial charge in [-0.3, -0.25) is 5.10 Å². The molecular formula is C15H17N3O2. The predicted octanol–water partition coefficient (Wildman–Crippen LogP) is 2.44. The molecule has 5 heteroatoms. The SMILES string of the molecule is CC(C)(C)OC(=O)NCC#Cc1cccc2[nH]ncc12. The number of aromatic nitrogens is 2. The lowest BCUT2D eigenvalue weighted by molar-refractivity contribution is 0.0535. The summed E-state index contributed by atoms with van der Waals surface area (Å²) in [5, 5.41) is 10.4. The van der Waals surface area contributed by atoms with Crippen LogP contribution in [-0.2, 0) is 4.74 Å². The number of carbonyl (C=O) groups is 1. The van der Waals surface area contributed by atoms with Crippen molar-refractivity contribution in [3.8, 4) is 11.8 Å². The third-order valence-corrected chi connectivity index (χ3v) is 2.43. The standard InChI is InChI=1S/C15H17N3O2/c1-15(2,3)20-14(19)16-9-5-7-11-6-4-8-13-12(11)10-17-18-13/h4,6,8,10H,9H2,1-3H3,(H,16,19)(H,17,18). The molecule has 1 amide bonds. The normalized spacial score (nSPS) is 10.8. The number of aromatic amines is 1. The molecule has 0 radical (unpaired) electrons. The number of nitrogens with one attached hydrogen (secondary N) is 2. The molecule has 0 aliphatic rings. The molecule has 0 unspecified atom stereocenters. The van der Waals surface area contributed by atoms with Gasteiger partial charge in [-0.1, -0.05) is 17.9 Å². The fourth-order valence-corrected chi connectivity index (χ4v) is 1.65. The lowest BCUT2D eigenvalue weighted by Crippen LogP contribution is -2.32. The first-order chi connectivity index (χ1) is 9.46. The predicted molar refractivity (Wildman–Crippen MR) is 77.2 cm³/mol. The molecule has 1 heterocycles. The number of rotatable bonds is 1. The number of alkyl carbamates (subject to hydrolysis) is 1. The molecular weight excluding hydrogens is 254 g/mol. The Morgan fingerprint density at radius 1 is 1.45 bits per heavy atom. The lowest BCUT2D eigenvalue weighted by atomic mass is 10.1. The van der Waals surface area contributed by atoms with E-state index in [0.717, 1.165) is 16.5 Å². The van der Waals surface area contributed by atoms with Crippen molar-refractivity contribution in [2.45, 2.75) is 26.4 Å². The van der Waals surface area contributed by atoms with Crippen LogP contribution in [-0.4, -0.2) is 28.4 Å². The van der Waals surface area contributed by atoms with Crippen molar-refractivity contribution < 1.29 is 9.53 Å². The molecule has 1 aromatic heterocycles. The average Bonchev–Trinajstić information content (AvgIpc) is 2.81. The maximum atomic E-state index is 11.4. The van der Waals surface area contributed by atoms with Gasteiger partial charge in [0.05, 0.1) is 18.3 Å². The summed E-state index contributed by atoms with van der Waals surface area (Å²) in [5.74, 6) is 5.91. The first-order valence-electron chi connectivity index (χ1n) is 6.33. The molecule has 0 saturated heterocycles. The van der Waals surface area contributed by atoms with Crippen LogP contribution in [0.25, 0.3) is 10.9 Å². The molecule has 0 atom stereocenters. The fourth-order valence-electron chi connectivity index (χ4n) is 1.65. The molecule has 104 valence electrons. The van der Waals surface area contributed by atoms with Crippen molar-refractivity contribution in [2.75, 3.05) is 6.54 Å². The largest absolute Gasteiger partial charge is 0.444 e. The van der Waals surface area contributed by atoms with Crippen molar-refractivity contribution in [3.05, 3.63) is 30.0 Å². The van der Waals surface area contributed by atoms with Crippen molar-refractivity contribution >= 4 is 17.0 Å². The number of benzene rings is 1. The van der Waals surface area contributed by atoms with Crippen LogP contribution >= 0.6 is 0 Å². The van der Waals surface area contributed by atoms with E-state index >= 15 is 0 Å². The van der Waals surface area contributed by atoms with Gasteiger partial charge in [-0.25, -0.2) is 4.79 Å². The first-order valence-corrected chi connectivity index (χ1v) is 6.33. The highest BCUT2D eigenvalue weighted by Crippen LogP contribution is 2.14. The van der Waals surface area contributed by atoms with Gasteiger partial charge in [-0.05, 0) is 32.9 Å². The Morgan fingerprint density at radius 3 is 3.00 bits per heavy atom. The fraction of sp³-hybridized carbons (Fsp3) is 0.333. The van der Waals surface area contributed by atoms with Gasteiger partial charge in [0.1, 0.15) is 5.60 Å². The van der Waals surface area contributed by atoms with Crippen LogP contribution in [0.4, 0.5) is 4.79 Å². The van der Waals surface area contributed by atoms with E-state index in [2.05, 4.69) is 27.4 Å². The van der Waals surface area contributed by atoms with Gasteiger partial charge in [0.25, 0.3) is 0 Å². The second-order valence-corrected chi connectivity index (χ2v) is 5.29. The average molecular weight is 271 g/mol. The number of carbonyl (C=O) groups excluding carboxylic acids is 1. The summed E-state index contributed by atoms with van der Waals surface area (Å²) in [6.07, 6.45) is 1.27. The maximum absolute atomic E-state index is 11.4. The Hall–Kier alpha value is -2.48. The number of amides is 1. The van der Waals surface area contributed by atoms with Crippen molar-refractivity contribution in [1.29, 1.82) is 0 Å². The van der Waals surface area contributed by atoms with Gasteiger partial charge in [0, 0.05) is 10.9 Å². The Bertz CT molecular complexity index is 671. The zero-order valence-electron chi connectivity index (χ0n) is 11.8. The van der Waals surface area contributed by atoms with Crippen molar-refractivity contribution in [2.24, 2.45) is 0 Å². The molecule has 5 nitrogen and oxygen atoms in total. The highest BCUT2D eigenvalue weighted by atomic mass is 16.6. The van der Waals surface area contributed by atoms with E-state index in [1.807, 2.05) is 39.0 Å². The molecule has 20 heavy (non-hydrogen) atoms. The minimum atomic E-state index is -0.500. The first kappa shape index (κ1) is 13.9. The van der Waals surface area contributed by atoms with Gasteiger partial charge < -0.3 is 10.1 Å². The van der Waals surface area contributed by atoms with E-state index in [0.29, 0.717) is 0 Å². The van der Waals surface area contributed by atoms with Crippen LogP contribution in [0.2, 0.25) is 0 Å². The molecule has 0 aliphatic heterocycles. The number of nitrogens with zero attached hydrogens (tertiary/aromatic N) is 1. The molecule has 2 rings (SSSR count). The van der Waals surface area contributed by atoms with E-state index < -0.39 is 11.7 Å². The highest BCUT2D eigenvalue weighted by Gasteiger charge is 2.14. The topological polar surface area (TPSA) is 67.0 Å². The zero-order valence-corrected chi connectivity index (χ0v) is 11.8. The summed E-state index contributed by atoms with van der Waals surface area (Å²) in [5.41, 5.74) is 1.32. The van der Waals surface area contributed by atoms with Crippen molar-refractivity contribution in [1.82, 2.24) is 15.5 Å². The highest BCUT2D eigenvalue weighted by molar-refractivity contribution is 5.84. The molecule has 0 saturated carbocycles. The quantitative estimate of drug-likeness (QED) is 0.783. The van der Waals surface area contributed by atoms with Crippen LogP contribution in [0, 0.1) is 11.8 Å². The second-order valence-electron chi connectivity index (χ2n) is 5.29. The van der Waals surface area contributed by atoms with Gasteiger partial charge in [0.2, 0.25) is 0 Å². The lowest BCUT2D eigenvalue weighted by Gasteiger charge is -2.18. The summed E-state index contributed by atoms with van der Waals surface area (Å²) in [7, 11) is 0. The summed E-state index contributed by atoms with van der Waals surface area (Å²) in [6, 6.07) is 5.76. The maximum Gasteiger partial charge on any atom is 0.408 e. The molecule has 0 bridgehead atoms. The zero-order chi connectivity index (χ0) is 14.6. The van der Waals surface area contributed by atoms with Crippen LogP contribution in [0.5, 0.6) is 0 Å². The van der Waals surface area contributed by atoms with E-state index in [1.54, 1.807) is 6.20 Å². The summed E-state index contributed by atoms with van der Waals surface area (Å²) in [6.45, 7) is 5.69. The Balaban J connectivity index is 1.95. The van der Waals surface area contributed by atoms with E-state index in [1.165, 1.54) is 0 Å². The van der Waals surface area contributed by atoms with Crippen LogP contribution < -0.4 is 5.32 Å². The van der Waals surface area contributed by atoms with Crippen LogP contribution in [0.15, 0.2) is 24.4 Å². The second kappa shape index (κ2) is 5.66. The molecule has 0 aliphatic carbocycles. The minimum Gasteiger partial charge on any atom is -0.444 e. The van der Waals surface area contributed by atoms with E-state index in [4.69, 9.17) is 4.74 Å². The van der Waals surface area contributed by atoms with Crippen LogP contribution in [0.1, 0.15) is 26.3 Å². The van der Waals surface area contributed by atoms with Gasteiger partial charge >= 0.3 is 6.09 Å². The van der Waals surface area contributed by atoms with Crippen molar-refractivity contribution in [3.63, 3.8) is 0 Å². The number of ether oxygens (including phenoxy) is 1. The van der Waals surface area contributed by atoms with Gasteiger partial charge in [-0.2, -0.15) is 5.10 Å². The monoisotopic (exact) mass is 271 g/mol. The number of hydrogen-bond acceptors (Lipinski definition) is 3.